The molecule has 1 aliphatic carbocycles. The molecule has 0 saturated heterocycles. The van der Waals surface area contributed by atoms with E-state index in [0.717, 1.165) is 18.4 Å². The third-order valence-electron chi connectivity index (χ3n) is 4.13. The first kappa shape index (κ1) is 17.4. The number of ether oxygens (including phenoxy) is 2. The van der Waals surface area contributed by atoms with Crippen LogP contribution < -0.4 is 4.74 Å². The normalized spacial score (nSPS) is 17.1. The molecule has 1 atom stereocenters. The fraction of sp³-hybridized carbons (Fsp3) is 0.588. The Labute approximate surface area is 141 Å². The fourth-order valence-electron chi connectivity index (χ4n) is 3.07. The van der Waals surface area contributed by atoms with Gasteiger partial charge in [-0.3, -0.25) is 4.79 Å². The lowest BCUT2D eigenvalue weighted by Crippen LogP contribution is -2.12. The minimum absolute atomic E-state index is 0.299. The van der Waals surface area contributed by atoms with Crippen LogP contribution in [0.1, 0.15) is 61.4 Å². The number of hydrogen-bond acceptors (Lipinski definition) is 3. The zero-order valence-corrected chi connectivity index (χ0v) is 14.5. The van der Waals surface area contributed by atoms with Crippen molar-refractivity contribution >= 4 is 29.2 Å². The number of carbonyl (C=O) groups is 1. The van der Waals surface area contributed by atoms with Crippen molar-refractivity contribution in [1.82, 2.24) is 0 Å². The summed E-state index contributed by atoms with van der Waals surface area (Å²) in [6, 6.07) is 3.58. The first-order chi connectivity index (χ1) is 10.6. The second-order valence-electron chi connectivity index (χ2n) is 5.57. The maximum Gasteiger partial charge on any atom is 0.328 e. The highest BCUT2D eigenvalue weighted by atomic mass is 35.5. The van der Waals surface area contributed by atoms with E-state index in [9.17, 15) is 4.79 Å². The highest BCUT2D eigenvalue weighted by Crippen LogP contribution is 2.43. The summed E-state index contributed by atoms with van der Waals surface area (Å²) in [5, 5.41) is -0.247. The molecule has 0 N–H and O–H groups in total. The molecule has 5 heteroatoms. The lowest BCUT2D eigenvalue weighted by atomic mass is 9.83. The molecule has 3 nitrogen and oxygen atoms in total. The van der Waals surface area contributed by atoms with Gasteiger partial charge >= 0.3 is 5.97 Å². The molecule has 1 aromatic rings. The molecule has 1 aliphatic rings. The van der Waals surface area contributed by atoms with Crippen molar-refractivity contribution in [2.75, 3.05) is 13.7 Å². The zero-order valence-electron chi connectivity index (χ0n) is 13.0. The third kappa shape index (κ3) is 3.88. The van der Waals surface area contributed by atoms with E-state index in [1.165, 1.54) is 19.3 Å². The van der Waals surface area contributed by atoms with Crippen LogP contribution in [0.25, 0.3) is 0 Å². The largest absolute Gasteiger partial charge is 0.496 e. The predicted molar refractivity (Wildman–Crippen MR) is 89.1 cm³/mol. The summed E-state index contributed by atoms with van der Waals surface area (Å²) in [7, 11) is 1.62. The van der Waals surface area contributed by atoms with Crippen LogP contribution in [0.15, 0.2) is 12.1 Å². The molecule has 1 saturated carbocycles. The standard InChI is InChI=1S/C17H22Cl2O3/c1-3-22-17(20)16(19)12-9-13(18)15(14(10-12)21-2)11-7-5-4-6-8-11/h9-11,16H,3-8H2,1-2H3. The number of carbonyl (C=O) groups excluding carboxylic acids is 1. The Kier molecular flexibility index (Phi) is 6.39. The molecule has 0 aromatic heterocycles. The molecule has 0 amide bonds. The van der Waals surface area contributed by atoms with E-state index in [2.05, 4.69) is 0 Å². The molecule has 0 aliphatic heterocycles. The van der Waals surface area contributed by atoms with Crippen molar-refractivity contribution in [3.8, 4) is 5.75 Å². The Morgan fingerprint density at radius 1 is 1.32 bits per heavy atom. The second kappa shape index (κ2) is 8.07. The van der Waals surface area contributed by atoms with Crippen LogP contribution >= 0.6 is 23.2 Å². The van der Waals surface area contributed by atoms with E-state index in [0.29, 0.717) is 28.9 Å². The van der Waals surface area contributed by atoms with Gasteiger partial charge in [0.1, 0.15) is 5.75 Å². The van der Waals surface area contributed by atoms with Gasteiger partial charge in [-0.15, -0.1) is 11.6 Å². The van der Waals surface area contributed by atoms with E-state index < -0.39 is 11.3 Å². The van der Waals surface area contributed by atoms with Gasteiger partial charge in [0.05, 0.1) is 13.7 Å². The van der Waals surface area contributed by atoms with E-state index in [1.807, 2.05) is 6.07 Å². The van der Waals surface area contributed by atoms with Crippen LogP contribution in [0.3, 0.4) is 0 Å². The van der Waals surface area contributed by atoms with Gasteiger partial charge in [0, 0.05) is 10.6 Å². The van der Waals surface area contributed by atoms with Crippen LogP contribution in [-0.4, -0.2) is 19.7 Å². The van der Waals surface area contributed by atoms with Gasteiger partial charge in [-0.1, -0.05) is 30.9 Å². The number of rotatable bonds is 5. The number of halogens is 2. The lowest BCUT2D eigenvalue weighted by molar-refractivity contribution is -0.142. The molecule has 1 unspecified atom stereocenters. The van der Waals surface area contributed by atoms with Gasteiger partial charge in [-0.2, -0.15) is 0 Å². The molecule has 2 rings (SSSR count). The van der Waals surface area contributed by atoms with Crippen molar-refractivity contribution in [3.05, 3.63) is 28.3 Å². The lowest BCUT2D eigenvalue weighted by Gasteiger charge is -2.25. The molecule has 22 heavy (non-hydrogen) atoms. The molecular weight excluding hydrogens is 323 g/mol. The summed E-state index contributed by atoms with van der Waals surface area (Å²) < 4.78 is 10.5. The van der Waals surface area contributed by atoms with Crippen molar-refractivity contribution < 1.29 is 14.3 Å². The summed E-state index contributed by atoms with van der Waals surface area (Å²) in [6.07, 6.45) is 5.95. The molecule has 0 heterocycles. The molecule has 0 radical (unpaired) electrons. The highest BCUT2D eigenvalue weighted by molar-refractivity contribution is 6.33. The van der Waals surface area contributed by atoms with Crippen LogP contribution in [0, 0.1) is 0 Å². The average molecular weight is 345 g/mol. The summed E-state index contributed by atoms with van der Waals surface area (Å²) in [5.74, 6) is 0.665. The Morgan fingerprint density at radius 3 is 2.59 bits per heavy atom. The van der Waals surface area contributed by atoms with Crippen LogP contribution in [0.2, 0.25) is 5.02 Å². The van der Waals surface area contributed by atoms with Gasteiger partial charge in [0.15, 0.2) is 5.38 Å². The van der Waals surface area contributed by atoms with Crippen molar-refractivity contribution in [3.63, 3.8) is 0 Å². The van der Waals surface area contributed by atoms with E-state index >= 15 is 0 Å². The van der Waals surface area contributed by atoms with Crippen LogP contribution in [-0.2, 0) is 9.53 Å². The maximum atomic E-state index is 11.8. The summed E-state index contributed by atoms with van der Waals surface area (Å²) >= 11 is 12.7. The van der Waals surface area contributed by atoms with Gasteiger partial charge in [0.25, 0.3) is 0 Å². The Bertz CT molecular complexity index is 525. The SMILES string of the molecule is CCOC(=O)C(Cl)c1cc(Cl)c(C2CCCCC2)c(OC)c1. The minimum atomic E-state index is -0.869. The summed E-state index contributed by atoms with van der Waals surface area (Å²) in [4.78, 5) is 11.8. The second-order valence-corrected chi connectivity index (χ2v) is 6.41. The fourth-order valence-corrected chi connectivity index (χ4v) is 3.63. The molecular formula is C17H22Cl2O3. The van der Waals surface area contributed by atoms with E-state index in [4.69, 9.17) is 32.7 Å². The predicted octanol–water partition coefficient (Wildman–Crippen LogP) is 5.24. The Morgan fingerprint density at radius 2 is 2.00 bits per heavy atom. The number of alkyl halides is 1. The average Bonchev–Trinajstić information content (AvgIpc) is 2.54. The van der Waals surface area contributed by atoms with Gasteiger partial charge in [0.2, 0.25) is 0 Å². The molecule has 1 fully saturated rings. The maximum absolute atomic E-state index is 11.8. The number of benzene rings is 1. The van der Waals surface area contributed by atoms with Crippen LogP contribution in [0.4, 0.5) is 0 Å². The van der Waals surface area contributed by atoms with Crippen molar-refractivity contribution in [2.45, 2.75) is 50.3 Å². The van der Waals surface area contributed by atoms with Gasteiger partial charge in [-0.05, 0) is 43.4 Å². The number of esters is 1. The van der Waals surface area contributed by atoms with E-state index in [1.54, 1.807) is 20.1 Å². The third-order valence-corrected chi connectivity index (χ3v) is 4.88. The van der Waals surface area contributed by atoms with Gasteiger partial charge < -0.3 is 9.47 Å². The zero-order chi connectivity index (χ0) is 16.1. The Hall–Kier alpha value is -0.930. The van der Waals surface area contributed by atoms with E-state index in [-0.39, 0.29) is 0 Å². The smallest absolute Gasteiger partial charge is 0.328 e. The first-order valence-corrected chi connectivity index (χ1v) is 8.58. The van der Waals surface area contributed by atoms with Crippen molar-refractivity contribution in [1.29, 1.82) is 0 Å². The Balaban J connectivity index is 2.32. The first-order valence-electron chi connectivity index (χ1n) is 7.76. The van der Waals surface area contributed by atoms with Crippen molar-refractivity contribution in [2.24, 2.45) is 0 Å². The van der Waals surface area contributed by atoms with Gasteiger partial charge in [-0.25, -0.2) is 0 Å². The molecule has 122 valence electrons. The highest BCUT2D eigenvalue weighted by Gasteiger charge is 2.26. The van der Waals surface area contributed by atoms with Crippen LogP contribution in [0.5, 0.6) is 5.75 Å². The number of hydrogen-bond donors (Lipinski definition) is 0. The molecule has 0 bridgehead atoms. The molecule has 0 spiro atoms. The quantitative estimate of drug-likeness (QED) is 0.541. The minimum Gasteiger partial charge on any atom is -0.496 e. The monoisotopic (exact) mass is 344 g/mol. The summed E-state index contributed by atoms with van der Waals surface area (Å²) in [5.41, 5.74) is 1.65. The molecule has 1 aromatic carbocycles. The summed E-state index contributed by atoms with van der Waals surface area (Å²) in [6.45, 7) is 2.05. The topological polar surface area (TPSA) is 35.5 Å². The number of methoxy groups -OCH3 is 1.